The molecule has 0 amide bonds. The third-order valence-corrected chi connectivity index (χ3v) is 4.53. The van der Waals surface area contributed by atoms with E-state index in [0.29, 0.717) is 12.8 Å². The molecule has 17 heavy (non-hydrogen) atoms. The number of rotatable bonds is 0. The monoisotopic (exact) mass is 240 g/mol. The topological polar surface area (TPSA) is 65.0 Å². The number of hydrogen-bond acceptors (Lipinski definition) is 5. The molecule has 4 rings (SSSR count). The predicted molar refractivity (Wildman–Crippen MR) is 55.0 cm³/mol. The lowest BCUT2D eigenvalue weighted by atomic mass is 9.82. The minimum absolute atomic E-state index is 0.181. The maximum Gasteiger partial charge on any atom is 0.338 e. The Morgan fingerprint density at radius 1 is 1.12 bits per heavy atom. The molecule has 2 saturated carbocycles. The van der Waals surface area contributed by atoms with Gasteiger partial charge in [-0.2, -0.15) is 0 Å². The second-order valence-electron chi connectivity index (χ2n) is 5.74. The van der Waals surface area contributed by atoms with E-state index < -0.39 is 17.4 Å². The van der Waals surface area contributed by atoms with Gasteiger partial charge >= 0.3 is 5.97 Å². The third kappa shape index (κ3) is 1.27. The molecule has 2 aliphatic carbocycles. The zero-order valence-electron chi connectivity index (χ0n) is 9.55. The molecule has 0 aromatic heterocycles. The zero-order valence-corrected chi connectivity index (χ0v) is 9.55. The Morgan fingerprint density at radius 2 is 1.82 bits per heavy atom. The van der Waals surface area contributed by atoms with Gasteiger partial charge in [0, 0.05) is 25.7 Å². The van der Waals surface area contributed by atoms with E-state index in [1.54, 1.807) is 0 Å². The van der Waals surface area contributed by atoms with E-state index in [0.717, 1.165) is 25.7 Å². The van der Waals surface area contributed by atoms with E-state index in [4.69, 9.17) is 14.2 Å². The minimum Gasteiger partial charge on any atom is -0.457 e. The molecule has 0 radical (unpaired) electrons. The molecule has 94 valence electrons. The Morgan fingerprint density at radius 3 is 2.59 bits per heavy atom. The van der Waals surface area contributed by atoms with Gasteiger partial charge in [-0.25, -0.2) is 4.79 Å². The lowest BCUT2D eigenvalue weighted by molar-refractivity contribution is -0.184. The first kappa shape index (κ1) is 10.3. The maximum absolute atomic E-state index is 11.5. The zero-order chi connectivity index (χ0) is 11.7. The summed E-state index contributed by atoms with van der Waals surface area (Å²) in [5, 5.41) is 10.2. The Hall–Kier alpha value is -0.650. The van der Waals surface area contributed by atoms with E-state index in [9.17, 15) is 9.90 Å². The molecule has 5 heteroatoms. The summed E-state index contributed by atoms with van der Waals surface area (Å²) in [6.45, 7) is 0. The van der Waals surface area contributed by atoms with E-state index in [-0.39, 0.29) is 18.3 Å². The number of aliphatic hydroxyl groups is 1. The molecular weight excluding hydrogens is 224 g/mol. The van der Waals surface area contributed by atoms with Crippen LogP contribution in [0.5, 0.6) is 0 Å². The van der Waals surface area contributed by atoms with Crippen LogP contribution in [0, 0.1) is 0 Å². The summed E-state index contributed by atoms with van der Waals surface area (Å²) in [6, 6.07) is 0. The van der Waals surface area contributed by atoms with Crippen molar-refractivity contribution in [3.05, 3.63) is 0 Å². The highest BCUT2D eigenvalue weighted by atomic mass is 16.8. The number of fused-ring (bicyclic) bond motifs is 4. The van der Waals surface area contributed by atoms with Crippen LogP contribution in [0.3, 0.4) is 0 Å². The van der Waals surface area contributed by atoms with Crippen molar-refractivity contribution in [3.8, 4) is 0 Å². The van der Waals surface area contributed by atoms with Crippen molar-refractivity contribution >= 4 is 5.97 Å². The molecule has 2 heterocycles. The smallest absolute Gasteiger partial charge is 0.338 e. The standard InChI is InChI=1S/C12H16O5/c13-10-11(14)5-7(15-10)9-8(6-11)16-12(17-9)3-1-2-4-12/h7-9,14H,1-6H2/t7-,8-,9?,11-/m1/s1. The van der Waals surface area contributed by atoms with Gasteiger partial charge in [-0.15, -0.1) is 0 Å². The minimum atomic E-state index is -1.33. The average Bonchev–Trinajstić information content (AvgIpc) is 2.91. The van der Waals surface area contributed by atoms with E-state index in [1.807, 2.05) is 0 Å². The number of esters is 1. The van der Waals surface area contributed by atoms with Crippen LogP contribution in [-0.2, 0) is 19.0 Å². The van der Waals surface area contributed by atoms with E-state index in [1.165, 1.54) is 0 Å². The number of ether oxygens (including phenoxy) is 3. The molecule has 2 bridgehead atoms. The van der Waals surface area contributed by atoms with Gasteiger partial charge in [0.1, 0.15) is 12.2 Å². The number of carbonyl (C=O) groups excluding carboxylic acids is 1. The SMILES string of the molecule is O=C1O[C@@H]2C[C@@]1(O)C[C@H]1OC3(CCCC3)OC21. The normalized spacial score (nSPS) is 50.6. The van der Waals surface area contributed by atoms with Crippen LogP contribution in [0.1, 0.15) is 38.5 Å². The third-order valence-electron chi connectivity index (χ3n) is 4.53. The van der Waals surface area contributed by atoms with Gasteiger partial charge in [-0.05, 0) is 12.8 Å². The second-order valence-corrected chi connectivity index (χ2v) is 5.74. The Kier molecular flexibility index (Phi) is 1.83. The van der Waals surface area contributed by atoms with Crippen molar-refractivity contribution in [3.63, 3.8) is 0 Å². The van der Waals surface area contributed by atoms with E-state index >= 15 is 0 Å². The predicted octanol–water partition coefficient (Wildman–Crippen LogP) is 0.491. The number of hydrogen-bond donors (Lipinski definition) is 1. The second kappa shape index (κ2) is 3.02. The van der Waals surface area contributed by atoms with Gasteiger partial charge in [-0.1, -0.05) is 0 Å². The summed E-state index contributed by atoms with van der Waals surface area (Å²) in [4.78, 5) is 11.5. The van der Waals surface area contributed by atoms with Crippen molar-refractivity contribution in [1.82, 2.24) is 0 Å². The summed E-state index contributed by atoms with van der Waals surface area (Å²) in [5.74, 6) is -0.965. The largest absolute Gasteiger partial charge is 0.457 e. The van der Waals surface area contributed by atoms with Gasteiger partial charge in [0.2, 0.25) is 0 Å². The van der Waals surface area contributed by atoms with Crippen molar-refractivity contribution in [2.24, 2.45) is 0 Å². The molecule has 0 aromatic rings. The van der Waals surface area contributed by atoms with Crippen LogP contribution in [0.15, 0.2) is 0 Å². The highest BCUT2D eigenvalue weighted by Gasteiger charge is 2.64. The lowest BCUT2D eigenvalue weighted by Gasteiger charge is -2.29. The molecule has 0 aromatic carbocycles. The lowest BCUT2D eigenvalue weighted by Crippen LogP contribution is -2.47. The van der Waals surface area contributed by atoms with Crippen LogP contribution >= 0.6 is 0 Å². The van der Waals surface area contributed by atoms with Gasteiger partial charge < -0.3 is 19.3 Å². The summed E-state index contributed by atoms with van der Waals surface area (Å²) >= 11 is 0. The fourth-order valence-corrected chi connectivity index (χ4v) is 3.70. The first-order valence-corrected chi connectivity index (χ1v) is 6.39. The molecule has 1 unspecified atom stereocenters. The maximum atomic E-state index is 11.5. The van der Waals surface area contributed by atoms with Gasteiger partial charge in [0.05, 0.1) is 6.10 Å². The Bertz CT molecular complexity index is 375. The molecule has 2 saturated heterocycles. The molecule has 2 aliphatic heterocycles. The summed E-state index contributed by atoms with van der Waals surface area (Å²) in [6.07, 6.45) is 4.04. The first-order chi connectivity index (χ1) is 8.10. The molecule has 4 fully saturated rings. The fraction of sp³-hybridized carbons (Fsp3) is 0.917. The number of carbonyl (C=O) groups is 1. The summed E-state index contributed by atoms with van der Waals surface area (Å²) in [5.41, 5.74) is -1.33. The van der Waals surface area contributed by atoms with Crippen LogP contribution in [-0.4, -0.2) is 40.8 Å². The van der Waals surface area contributed by atoms with Crippen LogP contribution in [0.4, 0.5) is 0 Å². The van der Waals surface area contributed by atoms with Gasteiger partial charge in [-0.3, -0.25) is 0 Å². The molecule has 4 aliphatic rings. The first-order valence-electron chi connectivity index (χ1n) is 6.39. The Balaban J connectivity index is 1.63. The van der Waals surface area contributed by atoms with Crippen molar-refractivity contribution in [2.75, 3.05) is 0 Å². The van der Waals surface area contributed by atoms with Gasteiger partial charge in [0.25, 0.3) is 0 Å². The summed E-state index contributed by atoms with van der Waals surface area (Å²) < 4.78 is 17.2. The quantitative estimate of drug-likeness (QED) is 0.624. The van der Waals surface area contributed by atoms with Crippen LogP contribution in [0.25, 0.3) is 0 Å². The molecular formula is C12H16O5. The summed E-state index contributed by atoms with van der Waals surface area (Å²) in [7, 11) is 0. The van der Waals surface area contributed by atoms with Crippen LogP contribution < -0.4 is 0 Å². The fourth-order valence-electron chi connectivity index (χ4n) is 3.70. The van der Waals surface area contributed by atoms with Crippen molar-refractivity contribution in [2.45, 2.75) is 68.2 Å². The average molecular weight is 240 g/mol. The molecule has 5 nitrogen and oxygen atoms in total. The highest BCUT2D eigenvalue weighted by Crippen LogP contribution is 2.50. The highest BCUT2D eigenvalue weighted by molar-refractivity contribution is 5.82. The van der Waals surface area contributed by atoms with Gasteiger partial charge in [0.15, 0.2) is 11.4 Å². The van der Waals surface area contributed by atoms with Crippen molar-refractivity contribution in [1.29, 1.82) is 0 Å². The van der Waals surface area contributed by atoms with E-state index in [2.05, 4.69) is 0 Å². The van der Waals surface area contributed by atoms with Crippen LogP contribution in [0.2, 0.25) is 0 Å². The molecule has 1 N–H and O–H groups in total. The molecule has 1 spiro atoms. The Labute approximate surface area is 99.0 Å². The molecule has 4 atom stereocenters. The van der Waals surface area contributed by atoms with Crippen molar-refractivity contribution < 1.29 is 24.1 Å².